The van der Waals surface area contributed by atoms with E-state index in [1.54, 1.807) is 0 Å². The Morgan fingerprint density at radius 2 is 0.929 bits per heavy atom. The van der Waals surface area contributed by atoms with Crippen molar-refractivity contribution in [2.45, 2.75) is 92.9 Å². The van der Waals surface area contributed by atoms with Crippen LogP contribution in [-0.2, 0) is 19.7 Å². The fraction of sp³-hybridized carbons (Fsp3) is 0.600. The minimum atomic E-state index is -8.78. The molecule has 0 aliphatic heterocycles. The van der Waals surface area contributed by atoms with E-state index in [-0.39, 0.29) is 11.8 Å². The first-order chi connectivity index (χ1) is 25.2. The molecule has 0 bridgehead atoms. The molecule has 0 aliphatic carbocycles. The van der Waals surface area contributed by atoms with E-state index in [4.69, 9.17) is 0 Å². The minimum Gasteiger partial charge on any atom is -0.396 e. The second-order valence-electron chi connectivity index (χ2n) is 12.0. The molecular formula is C30H29F17O6S3. The zero-order chi connectivity index (χ0) is 43.6. The van der Waals surface area contributed by atoms with Gasteiger partial charge in [-0.2, -0.15) is 86.4 Å². The van der Waals surface area contributed by atoms with Crippen molar-refractivity contribution >= 4 is 31.4 Å². The van der Waals surface area contributed by atoms with Crippen LogP contribution in [0.2, 0.25) is 0 Å². The van der Waals surface area contributed by atoms with Crippen molar-refractivity contribution in [2.75, 3.05) is 19.0 Å². The van der Waals surface area contributed by atoms with E-state index in [2.05, 4.69) is 0 Å². The lowest BCUT2D eigenvalue weighted by atomic mass is 9.88. The topological polar surface area (TPSA) is 109 Å². The molecule has 2 rings (SSSR count). The van der Waals surface area contributed by atoms with E-state index in [9.17, 15) is 102 Å². The Labute approximate surface area is 311 Å². The van der Waals surface area contributed by atoms with Crippen LogP contribution in [0.15, 0.2) is 70.5 Å². The quantitative estimate of drug-likeness (QED) is 0.121. The average Bonchev–Trinajstić information content (AvgIpc) is 3.09. The van der Waals surface area contributed by atoms with Crippen molar-refractivity contribution in [2.24, 2.45) is 5.92 Å². The maximum absolute atomic E-state index is 14.6. The third kappa shape index (κ3) is 8.87. The van der Waals surface area contributed by atoms with E-state index in [0.717, 1.165) is 24.3 Å². The second-order valence-corrected chi connectivity index (χ2v) is 17.9. The Bertz CT molecular complexity index is 1740. The summed E-state index contributed by atoms with van der Waals surface area (Å²) >= 11 is -0.0728. The minimum absolute atomic E-state index is 0.0728. The van der Waals surface area contributed by atoms with E-state index in [1.165, 1.54) is 36.4 Å². The number of benzene rings is 2. The highest BCUT2D eigenvalue weighted by atomic mass is 32.3. The summed E-state index contributed by atoms with van der Waals surface area (Å²) in [4.78, 5) is -1.16. The molecule has 0 unspecified atom stereocenters. The van der Waals surface area contributed by atoms with Crippen molar-refractivity contribution in [3.63, 3.8) is 0 Å². The monoisotopic (exact) mass is 904 g/mol. The summed E-state index contributed by atoms with van der Waals surface area (Å²) in [6.07, 6.45) is -12.7. The lowest BCUT2D eigenvalue weighted by Crippen LogP contribution is -2.74. The molecule has 0 spiro atoms. The number of halogens is 17. The Balaban J connectivity index is 2.51. The van der Waals surface area contributed by atoms with Crippen LogP contribution in [0, 0.1) is 5.92 Å². The van der Waals surface area contributed by atoms with E-state index >= 15 is 0 Å². The molecular weight excluding hydrogens is 875 g/mol. The number of sulfone groups is 2. The van der Waals surface area contributed by atoms with E-state index in [0.29, 0.717) is 0 Å². The van der Waals surface area contributed by atoms with Crippen LogP contribution in [-0.4, -0.2) is 103 Å². The van der Waals surface area contributed by atoms with Crippen molar-refractivity contribution in [3.8, 4) is 0 Å². The van der Waals surface area contributed by atoms with Crippen LogP contribution in [0.25, 0.3) is 0 Å². The fourth-order valence-electron chi connectivity index (χ4n) is 4.97. The van der Waals surface area contributed by atoms with Gasteiger partial charge in [-0.3, -0.25) is 0 Å². The van der Waals surface area contributed by atoms with Gasteiger partial charge in [0, 0.05) is 24.9 Å². The average molecular weight is 905 g/mol. The van der Waals surface area contributed by atoms with Crippen molar-refractivity contribution in [1.29, 1.82) is 0 Å². The molecule has 0 amide bonds. The molecule has 0 aromatic heterocycles. The van der Waals surface area contributed by atoms with Crippen LogP contribution >= 0.6 is 11.8 Å². The van der Waals surface area contributed by atoms with Gasteiger partial charge in [0.15, 0.2) is 24.3 Å². The third-order valence-electron chi connectivity index (χ3n) is 8.27. The largest absolute Gasteiger partial charge is 0.460 e. The summed E-state index contributed by atoms with van der Waals surface area (Å²) in [5.41, 5.74) is 0. The summed E-state index contributed by atoms with van der Waals surface area (Å²) in [5, 5.41) is 17.9. The van der Waals surface area contributed by atoms with Gasteiger partial charge >= 0.3 is 47.6 Å². The van der Waals surface area contributed by atoms with Gasteiger partial charge in [-0.25, -0.2) is 16.8 Å². The predicted molar refractivity (Wildman–Crippen MR) is 164 cm³/mol. The Hall–Kier alpha value is -2.58. The summed E-state index contributed by atoms with van der Waals surface area (Å²) in [6, 6.07) is 11.4. The number of alkyl halides is 17. The lowest BCUT2D eigenvalue weighted by molar-refractivity contribution is -0.461. The molecule has 56 heavy (non-hydrogen) atoms. The SMILES string of the molecule is O=S(=O)(c1ccccc1)C(C[C@@H](CO)[C@@H](CCCO)SCCC(F)(F)C(F)(F)C(F)(F)C(F)(F)C(F)(F)C(F)(F)C(F)(F)C(F)(F)F)S(=O)(=O)c1ccccc1. The molecule has 2 atom stereocenters. The summed E-state index contributed by atoms with van der Waals surface area (Å²) < 4.78 is 285. The summed E-state index contributed by atoms with van der Waals surface area (Å²) in [6.45, 7) is -1.98. The molecule has 0 radical (unpaired) electrons. The molecule has 0 saturated carbocycles. The highest BCUT2D eigenvalue weighted by Gasteiger charge is 2.95. The van der Waals surface area contributed by atoms with Crippen LogP contribution in [0.4, 0.5) is 74.6 Å². The second kappa shape index (κ2) is 17.0. The van der Waals surface area contributed by atoms with Crippen LogP contribution in [0.3, 0.4) is 0 Å². The first kappa shape index (κ1) is 49.6. The van der Waals surface area contributed by atoms with Crippen LogP contribution in [0.1, 0.15) is 25.7 Å². The maximum atomic E-state index is 14.6. The van der Waals surface area contributed by atoms with Crippen molar-refractivity contribution < 1.29 is 102 Å². The molecule has 2 aromatic carbocycles. The lowest BCUT2D eigenvalue weighted by Gasteiger charge is -2.42. The number of hydrogen-bond acceptors (Lipinski definition) is 7. The zero-order valence-corrected chi connectivity index (χ0v) is 30.1. The smallest absolute Gasteiger partial charge is 0.396 e. The molecule has 2 aromatic rings. The van der Waals surface area contributed by atoms with E-state index < -0.39 is 137 Å². The molecule has 0 heterocycles. The number of rotatable bonds is 21. The van der Waals surface area contributed by atoms with Crippen molar-refractivity contribution in [3.05, 3.63) is 60.7 Å². The van der Waals surface area contributed by atoms with Gasteiger partial charge < -0.3 is 10.2 Å². The van der Waals surface area contributed by atoms with Gasteiger partial charge in [0.05, 0.1) is 9.79 Å². The molecule has 0 saturated heterocycles. The van der Waals surface area contributed by atoms with Gasteiger partial charge in [-0.05, 0) is 55.2 Å². The Kier molecular flexibility index (Phi) is 15.0. The highest BCUT2D eigenvalue weighted by Crippen LogP contribution is 2.64. The van der Waals surface area contributed by atoms with Gasteiger partial charge in [0.1, 0.15) is 0 Å². The molecule has 2 N–H and O–H groups in total. The number of aliphatic hydroxyl groups excluding tert-OH is 2. The number of hydrogen-bond donors (Lipinski definition) is 2. The van der Waals surface area contributed by atoms with Gasteiger partial charge in [-0.15, -0.1) is 0 Å². The Morgan fingerprint density at radius 1 is 0.554 bits per heavy atom. The highest BCUT2D eigenvalue weighted by molar-refractivity contribution is 8.09. The molecule has 26 heteroatoms. The number of aliphatic hydroxyl groups is 2. The first-order valence-electron chi connectivity index (χ1n) is 15.3. The van der Waals surface area contributed by atoms with Gasteiger partial charge in [-0.1, -0.05) is 36.4 Å². The molecule has 322 valence electrons. The zero-order valence-electron chi connectivity index (χ0n) is 27.6. The standard InChI is InChI=1S/C30H29F17O6S3/c31-23(32,24(33,34)25(35,36)26(37,38)27(39,40)28(41,42)29(43,44)30(45,46)47)13-15-54-21(12-7-14-48)18(17-49)16-22(55(50,51)19-8-3-1-4-9-19)56(52,53)20-10-5-2-6-11-20/h1-6,8-11,18,21-22,48-49H,7,12-17H2/t18-,21+/m0/s1. The molecule has 0 aliphatic rings. The molecule has 6 nitrogen and oxygen atoms in total. The van der Waals surface area contributed by atoms with Gasteiger partial charge in [0.2, 0.25) is 0 Å². The predicted octanol–water partition coefficient (Wildman–Crippen LogP) is 8.53. The summed E-state index contributed by atoms with van der Waals surface area (Å²) in [7, 11) is -9.91. The summed E-state index contributed by atoms with van der Waals surface area (Å²) in [5.74, 6) is -60.9. The Morgan fingerprint density at radius 3 is 1.29 bits per heavy atom. The molecule has 0 fully saturated rings. The fourth-order valence-corrected chi connectivity index (χ4v) is 11.1. The normalized spacial score (nSPS) is 15.9. The van der Waals surface area contributed by atoms with E-state index in [1.807, 2.05) is 0 Å². The number of thioether (sulfide) groups is 1. The van der Waals surface area contributed by atoms with Crippen molar-refractivity contribution in [1.82, 2.24) is 0 Å². The first-order valence-corrected chi connectivity index (χ1v) is 19.4. The third-order valence-corrected chi connectivity index (χ3v) is 14.9. The van der Waals surface area contributed by atoms with Crippen LogP contribution in [0.5, 0.6) is 0 Å². The van der Waals surface area contributed by atoms with Crippen LogP contribution < -0.4 is 0 Å². The van der Waals surface area contributed by atoms with Gasteiger partial charge in [0.25, 0.3) is 0 Å². The maximum Gasteiger partial charge on any atom is 0.460 e.